The number of carbonyl (C=O) groups is 1. The van der Waals surface area contributed by atoms with Crippen LogP contribution < -0.4 is 10.5 Å². The smallest absolute Gasteiger partial charge is 0.250 e. The molecule has 1 aromatic heterocycles. The van der Waals surface area contributed by atoms with Crippen LogP contribution in [0.4, 0.5) is 0 Å². The highest BCUT2D eigenvalue weighted by Gasteiger charge is 2.26. The van der Waals surface area contributed by atoms with E-state index in [2.05, 4.69) is 27.0 Å². The first-order valence-electron chi connectivity index (χ1n) is 8.78. The van der Waals surface area contributed by atoms with Crippen LogP contribution in [0.3, 0.4) is 0 Å². The van der Waals surface area contributed by atoms with Crippen molar-refractivity contribution in [2.24, 2.45) is 5.73 Å². The molecule has 3 aromatic rings. The van der Waals surface area contributed by atoms with Gasteiger partial charge in [-0.05, 0) is 42.8 Å². The zero-order valence-corrected chi connectivity index (χ0v) is 14.7. The third-order valence-corrected chi connectivity index (χ3v) is 5.02. The van der Waals surface area contributed by atoms with E-state index in [1.165, 1.54) is 5.56 Å². The Labute approximate surface area is 152 Å². The van der Waals surface area contributed by atoms with Gasteiger partial charge in [-0.1, -0.05) is 18.2 Å². The topological polar surface area (TPSA) is 84.2 Å². The highest BCUT2D eigenvalue weighted by atomic mass is 16.5. The van der Waals surface area contributed by atoms with Crippen molar-refractivity contribution in [3.8, 4) is 5.75 Å². The summed E-state index contributed by atoms with van der Waals surface area (Å²) < 4.78 is 5.21. The zero-order valence-electron chi connectivity index (χ0n) is 14.7. The van der Waals surface area contributed by atoms with Crippen molar-refractivity contribution >= 4 is 16.9 Å². The van der Waals surface area contributed by atoms with Crippen LogP contribution in [0.25, 0.3) is 11.0 Å². The Morgan fingerprint density at radius 2 is 2.12 bits per heavy atom. The van der Waals surface area contributed by atoms with Crippen molar-refractivity contribution in [3.63, 3.8) is 0 Å². The van der Waals surface area contributed by atoms with E-state index < -0.39 is 5.91 Å². The number of primary amides is 1. The van der Waals surface area contributed by atoms with E-state index in [1.54, 1.807) is 13.2 Å². The molecular formula is C20H22N4O2. The third-order valence-electron chi connectivity index (χ3n) is 5.02. The number of likely N-dealkylation sites (tertiary alicyclic amines) is 1. The molecule has 1 saturated heterocycles. The molecule has 6 nitrogen and oxygen atoms in total. The van der Waals surface area contributed by atoms with Gasteiger partial charge in [-0.25, -0.2) is 4.98 Å². The first-order chi connectivity index (χ1) is 12.6. The first-order valence-corrected chi connectivity index (χ1v) is 8.78. The van der Waals surface area contributed by atoms with Crippen molar-refractivity contribution in [1.82, 2.24) is 14.9 Å². The Morgan fingerprint density at radius 3 is 2.85 bits per heavy atom. The number of rotatable bonds is 5. The van der Waals surface area contributed by atoms with Gasteiger partial charge in [0.25, 0.3) is 5.91 Å². The quantitative estimate of drug-likeness (QED) is 0.741. The van der Waals surface area contributed by atoms with E-state index in [-0.39, 0.29) is 0 Å². The number of para-hydroxylation sites is 1. The summed E-state index contributed by atoms with van der Waals surface area (Å²) in [7, 11) is 1.68. The summed E-state index contributed by atoms with van der Waals surface area (Å²) in [6.07, 6.45) is 1.04. The minimum atomic E-state index is -0.443. The predicted molar refractivity (Wildman–Crippen MR) is 100 cm³/mol. The SMILES string of the molecule is COc1ccc(CN2CCC(c3nc4c(C(N)=O)cccc4[nH]3)C2)cc1. The van der Waals surface area contributed by atoms with Crippen LogP contribution in [-0.4, -0.2) is 41.0 Å². The fourth-order valence-corrected chi connectivity index (χ4v) is 3.63. The van der Waals surface area contributed by atoms with E-state index in [0.29, 0.717) is 17.0 Å². The third kappa shape index (κ3) is 3.15. The lowest BCUT2D eigenvalue weighted by molar-refractivity contribution is 0.100. The molecule has 0 bridgehead atoms. The molecule has 0 aliphatic carbocycles. The van der Waals surface area contributed by atoms with Gasteiger partial charge in [0.05, 0.1) is 18.2 Å². The molecular weight excluding hydrogens is 328 g/mol. The normalized spacial score (nSPS) is 17.7. The van der Waals surface area contributed by atoms with Crippen LogP contribution in [0.5, 0.6) is 5.75 Å². The second-order valence-electron chi connectivity index (χ2n) is 6.76. The number of nitrogens with two attached hydrogens (primary N) is 1. The van der Waals surface area contributed by atoms with Gasteiger partial charge in [-0.2, -0.15) is 0 Å². The first kappa shape index (κ1) is 16.6. The fraction of sp³-hybridized carbons (Fsp3) is 0.300. The molecule has 2 aromatic carbocycles. The van der Waals surface area contributed by atoms with Gasteiger partial charge in [-0.3, -0.25) is 9.69 Å². The van der Waals surface area contributed by atoms with E-state index >= 15 is 0 Å². The molecule has 1 aliphatic heterocycles. The number of nitrogens with zero attached hydrogens (tertiary/aromatic N) is 2. The number of carbonyl (C=O) groups excluding carboxylic acids is 1. The molecule has 26 heavy (non-hydrogen) atoms. The average Bonchev–Trinajstić information content (AvgIpc) is 3.28. The molecule has 1 amide bonds. The van der Waals surface area contributed by atoms with Crippen molar-refractivity contribution in [3.05, 3.63) is 59.4 Å². The molecule has 2 heterocycles. The van der Waals surface area contributed by atoms with Crippen molar-refractivity contribution in [2.75, 3.05) is 20.2 Å². The number of hydrogen-bond donors (Lipinski definition) is 2. The second-order valence-corrected chi connectivity index (χ2v) is 6.76. The molecule has 0 spiro atoms. The van der Waals surface area contributed by atoms with Crippen LogP contribution in [0.15, 0.2) is 42.5 Å². The van der Waals surface area contributed by atoms with E-state index in [0.717, 1.165) is 43.1 Å². The Morgan fingerprint density at radius 1 is 1.31 bits per heavy atom. The van der Waals surface area contributed by atoms with Gasteiger partial charge in [0.15, 0.2) is 0 Å². The van der Waals surface area contributed by atoms with Gasteiger partial charge >= 0.3 is 0 Å². The largest absolute Gasteiger partial charge is 0.497 e. The number of nitrogens with one attached hydrogen (secondary N) is 1. The van der Waals surface area contributed by atoms with Crippen LogP contribution in [-0.2, 0) is 6.54 Å². The summed E-state index contributed by atoms with van der Waals surface area (Å²) in [5, 5.41) is 0. The molecule has 134 valence electrons. The Kier molecular flexibility index (Phi) is 4.34. The summed E-state index contributed by atoms with van der Waals surface area (Å²) in [6.45, 7) is 2.88. The number of methoxy groups -OCH3 is 1. The summed E-state index contributed by atoms with van der Waals surface area (Å²) in [4.78, 5) is 22.1. The predicted octanol–water partition coefficient (Wildman–Crippen LogP) is 2.66. The average molecular weight is 350 g/mol. The number of fused-ring (bicyclic) bond motifs is 1. The minimum absolute atomic E-state index is 0.335. The second kappa shape index (κ2) is 6.80. The number of ether oxygens (including phenoxy) is 1. The summed E-state index contributed by atoms with van der Waals surface area (Å²) in [6, 6.07) is 13.7. The summed E-state index contributed by atoms with van der Waals surface area (Å²) in [5.74, 6) is 1.70. The Balaban J connectivity index is 1.49. The van der Waals surface area contributed by atoms with Gasteiger partial charge in [0.1, 0.15) is 17.1 Å². The lowest BCUT2D eigenvalue weighted by Crippen LogP contribution is -2.19. The molecule has 3 N–H and O–H groups in total. The molecule has 1 unspecified atom stereocenters. The number of hydrogen-bond acceptors (Lipinski definition) is 4. The maximum Gasteiger partial charge on any atom is 0.250 e. The highest BCUT2D eigenvalue weighted by Crippen LogP contribution is 2.29. The monoisotopic (exact) mass is 350 g/mol. The van der Waals surface area contributed by atoms with Crippen molar-refractivity contribution < 1.29 is 9.53 Å². The fourth-order valence-electron chi connectivity index (χ4n) is 3.63. The molecule has 1 atom stereocenters. The van der Waals surface area contributed by atoms with Crippen LogP contribution in [0.2, 0.25) is 0 Å². The Bertz CT molecular complexity index is 933. The summed E-state index contributed by atoms with van der Waals surface area (Å²) in [5.41, 5.74) is 8.74. The van der Waals surface area contributed by atoms with Crippen LogP contribution in [0.1, 0.15) is 34.1 Å². The number of H-pyrrole nitrogens is 1. The molecule has 6 heteroatoms. The molecule has 0 saturated carbocycles. The molecule has 1 aliphatic rings. The van der Waals surface area contributed by atoms with Crippen LogP contribution in [0, 0.1) is 0 Å². The maximum atomic E-state index is 11.6. The van der Waals surface area contributed by atoms with Gasteiger partial charge in [0, 0.05) is 19.0 Å². The lowest BCUT2D eigenvalue weighted by Gasteiger charge is -2.15. The number of amides is 1. The summed E-state index contributed by atoms with van der Waals surface area (Å²) >= 11 is 0. The standard InChI is InChI=1S/C20H22N4O2/c1-26-15-7-5-13(6-8-15)11-24-10-9-14(12-24)20-22-17-4-2-3-16(19(21)25)18(17)23-20/h2-8,14H,9-12H2,1H3,(H2,21,25)(H,22,23). The number of aromatic nitrogens is 2. The van der Waals surface area contributed by atoms with Gasteiger partial charge < -0.3 is 15.5 Å². The zero-order chi connectivity index (χ0) is 18.1. The van der Waals surface area contributed by atoms with Crippen molar-refractivity contribution in [2.45, 2.75) is 18.9 Å². The molecule has 4 rings (SSSR count). The maximum absolute atomic E-state index is 11.6. The number of benzene rings is 2. The van der Waals surface area contributed by atoms with E-state index in [4.69, 9.17) is 10.5 Å². The van der Waals surface area contributed by atoms with Crippen LogP contribution >= 0.6 is 0 Å². The van der Waals surface area contributed by atoms with Crippen molar-refractivity contribution in [1.29, 1.82) is 0 Å². The van der Waals surface area contributed by atoms with E-state index in [9.17, 15) is 4.79 Å². The molecule has 0 radical (unpaired) electrons. The molecule has 1 fully saturated rings. The Hall–Kier alpha value is -2.86. The lowest BCUT2D eigenvalue weighted by atomic mass is 10.1. The number of imidazole rings is 1. The number of aromatic amines is 1. The van der Waals surface area contributed by atoms with Gasteiger partial charge in [0.2, 0.25) is 0 Å². The highest BCUT2D eigenvalue weighted by molar-refractivity contribution is 6.04. The van der Waals surface area contributed by atoms with E-state index in [1.807, 2.05) is 24.3 Å². The minimum Gasteiger partial charge on any atom is -0.497 e. The van der Waals surface area contributed by atoms with Gasteiger partial charge in [-0.15, -0.1) is 0 Å².